The van der Waals surface area contributed by atoms with Crippen molar-refractivity contribution in [1.82, 2.24) is 20.2 Å². The van der Waals surface area contributed by atoms with Crippen molar-refractivity contribution in [3.8, 4) is 0 Å². The lowest BCUT2D eigenvalue weighted by Crippen LogP contribution is -2.34. The molecule has 1 aliphatic carbocycles. The number of rotatable bonds is 5. The van der Waals surface area contributed by atoms with E-state index in [0.717, 1.165) is 25.7 Å². The van der Waals surface area contributed by atoms with Gasteiger partial charge in [0.1, 0.15) is 0 Å². The number of amides is 1. The quantitative estimate of drug-likeness (QED) is 0.739. The number of aromatic nitrogens is 4. The lowest BCUT2D eigenvalue weighted by atomic mass is 10.3. The highest BCUT2D eigenvalue weighted by Crippen LogP contribution is 2.31. The predicted octanol–water partition coefficient (Wildman–Crippen LogP) is 0.753. The van der Waals surface area contributed by atoms with E-state index in [2.05, 4.69) is 22.3 Å². The summed E-state index contributed by atoms with van der Waals surface area (Å²) < 4.78 is 0. The third-order valence-corrected chi connectivity index (χ3v) is 2.67. The summed E-state index contributed by atoms with van der Waals surface area (Å²) in [6.45, 7) is 2.79. The first kappa shape index (κ1) is 11.0. The van der Waals surface area contributed by atoms with Crippen molar-refractivity contribution >= 4 is 11.9 Å². The minimum Gasteiger partial charge on any atom is -0.278 e. The van der Waals surface area contributed by atoms with Crippen LogP contribution in [0.4, 0.5) is 5.95 Å². The molecule has 1 aromatic rings. The Balaban J connectivity index is 2.09. The van der Waals surface area contributed by atoms with Crippen molar-refractivity contribution < 1.29 is 4.79 Å². The van der Waals surface area contributed by atoms with Gasteiger partial charge < -0.3 is 0 Å². The number of unbranched alkanes of at least 4 members (excludes halogenated alkanes) is 1. The Kier molecular flexibility index (Phi) is 3.17. The van der Waals surface area contributed by atoms with Crippen LogP contribution in [0.1, 0.15) is 32.6 Å². The van der Waals surface area contributed by atoms with E-state index in [1.54, 1.807) is 11.9 Å². The summed E-state index contributed by atoms with van der Waals surface area (Å²) in [6, 6.07) is 0. The van der Waals surface area contributed by atoms with Crippen molar-refractivity contribution in [3.05, 3.63) is 0 Å². The van der Waals surface area contributed by atoms with Crippen molar-refractivity contribution in [2.75, 3.05) is 11.4 Å². The zero-order chi connectivity index (χ0) is 11.5. The van der Waals surface area contributed by atoms with Crippen LogP contribution in [0.5, 0.6) is 0 Å². The van der Waals surface area contributed by atoms with Crippen LogP contribution in [0.25, 0.3) is 0 Å². The van der Waals surface area contributed by atoms with E-state index in [-0.39, 0.29) is 11.8 Å². The molecule has 0 bridgehead atoms. The first-order chi connectivity index (χ1) is 7.72. The second-order valence-electron chi connectivity index (χ2n) is 4.20. The highest BCUT2D eigenvalue weighted by Gasteiger charge is 2.35. The normalized spacial score (nSPS) is 15.1. The number of hydrogen-bond donors (Lipinski definition) is 0. The van der Waals surface area contributed by atoms with E-state index in [1.807, 2.05) is 0 Å². The van der Waals surface area contributed by atoms with Crippen LogP contribution in [0.15, 0.2) is 0 Å². The molecule has 1 heterocycles. The number of aryl methyl sites for hydroxylation is 1. The van der Waals surface area contributed by atoms with Gasteiger partial charge in [-0.15, -0.1) is 5.10 Å². The van der Waals surface area contributed by atoms with Gasteiger partial charge in [0.15, 0.2) is 0 Å². The first-order valence-electron chi connectivity index (χ1n) is 5.77. The molecule has 0 unspecified atom stereocenters. The Morgan fingerprint density at radius 3 is 2.81 bits per heavy atom. The van der Waals surface area contributed by atoms with Crippen LogP contribution in [-0.4, -0.2) is 32.7 Å². The van der Waals surface area contributed by atoms with Gasteiger partial charge in [0, 0.05) is 12.5 Å². The third-order valence-electron chi connectivity index (χ3n) is 2.67. The van der Waals surface area contributed by atoms with E-state index >= 15 is 0 Å². The Bertz CT molecular complexity index is 371. The first-order valence-corrected chi connectivity index (χ1v) is 5.77. The van der Waals surface area contributed by atoms with E-state index in [0.29, 0.717) is 12.5 Å². The molecule has 1 fully saturated rings. The maximum absolute atomic E-state index is 12.0. The van der Waals surface area contributed by atoms with Gasteiger partial charge in [-0.05, 0) is 24.5 Å². The molecule has 6 heteroatoms. The SMILES string of the molecule is CCCCN(C(=O)C1CC1)c1nnn(C)n1. The van der Waals surface area contributed by atoms with E-state index < -0.39 is 0 Å². The van der Waals surface area contributed by atoms with Crippen LogP contribution in [-0.2, 0) is 11.8 Å². The lowest BCUT2D eigenvalue weighted by Gasteiger charge is -2.17. The third kappa shape index (κ3) is 2.37. The molecule has 0 radical (unpaired) electrons. The molecule has 0 N–H and O–H groups in total. The second kappa shape index (κ2) is 4.59. The van der Waals surface area contributed by atoms with E-state index in [9.17, 15) is 4.79 Å². The maximum atomic E-state index is 12.0. The summed E-state index contributed by atoms with van der Waals surface area (Å²) in [6.07, 6.45) is 4.02. The summed E-state index contributed by atoms with van der Waals surface area (Å²) in [5, 5.41) is 11.8. The van der Waals surface area contributed by atoms with Gasteiger partial charge in [-0.3, -0.25) is 9.69 Å². The highest BCUT2D eigenvalue weighted by atomic mass is 16.2. The molecule has 1 aliphatic rings. The molecule has 0 spiro atoms. The monoisotopic (exact) mass is 223 g/mol. The molecule has 0 atom stereocenters. The average molecular weight is 223 g/mol. The van der Waals surface area contributed by atoms with Crippen molar-refractivity contribution in [1.29, 1.82) is 0 Å². The molecular weight excluding hydrogens is 206 g/mol. The Hall–Kier alpha value is -1.46. The van der Waals surface area contributed by atoms with Gasteiger partial charge in [-0.2, -0.15) is 4.80 Å². The fraction of sp³-hybridized carbons (Fsp3) is 0.800. The van der Waals surface area contributed by atoms with Gasteiger partial charge in [0.25, 0.3) is 5.95 Å². The van der Waals surface area contributed by atoms with Crippen molar-refractivity contribution in [2.45, 2.75) is 32.6 Å². The Morgan fingerprint density at radius 1 is 1.56 bits per heavy atom. The summed E-state index contributed by atoms with van der Waals surface area (Å²) in [4.78, 5) is 15.1. The van der Waals surface area contributed by atoms with Crippen molar-refractivity contribution in [3.63, 3.8) is 0 Å². The predicted molar refractivity (Wildman–Crippen MR) is 58.8 cm³/mol. The largest absolute Gasteiger partial charge is 0.278 e. The number of anilines is 1. The van der Waals surface area contributed by atoms with E-state index in [1.165, 1.54) is 4.80 Å². The van der Waals surface area contributed by atoms with Gasteiger partial charge in [-0.1, -0.05) is 18.4 Å². The molecular formula is C10H17N5O. The van der Waals surface area contributed by atoms with Crippen LogP contribution in [0, 0.1) is 5.92 Å². The standard InChI is InChI=1S/C10H17N5O/c1-3-4-7-15(9(16)8-5-6-8)10-11-13-14(2)12-10/h8H,3-7H2,1-2H3. The minimum absolute atomic E-state index is 0.154. The zero-order valence-corrected chi connectivity index (χ0v) is 9.76. The maximum Gasteiger partial charge on any atom is 0.272 e. The molecule has 16 heavy (non-hydrogen) atoms. The average Bonchev–Trinajstić information content (AvgIpc) is 3.03. The second-order valence-corrected chi connectivity index (χ2v) is 4.20. The topological polar surface area (TPSA) is 63.9 Å². The minimum atomic E-state index is 0.154. The summed E-state index contributed by atoms with van der Waals surface area (Å²) in [7, 11) is 1.70. The number of tetrazole rings is 1. The number of carbonyl (C=O) groups excluding carboxylic acids is 1. The molecule has 1 amide bonds. The number of nitrogens with zero attached hydrogens (tertiary/aromatic N) is 5. The molecule has 2 rings (SSSR count). The Morgan fingerprint density at radius 2 is 2.31 bits per heavy atom. The Labute approximate surface area is 94.6 Å². The fourth-order valence-corrected chi connectivity index (χ4v) is 1.56. The van der Waals surface area contributed by atoms with Gasteiger partial charge in [0.05, 0.1) is 7.05 Å². The van der Waals surface area contributed by atoms with Crippen LogP contribution >= 0.6 is 0 Å². The van der Waals surface area contributed by atoms with E-state index in [4.69, 9.17) is 0 Å². The fourth-order valence-electron chi connectivity index (χ4n) is 1.56. The zero-order valence-electron chi connectivity index (χ0n) is 9.76. The summed E-state index contributed by atoms with van der Waals surface area (Å²) in [5.74, 6) is 0.787. The molecule has 88 valence electrons. The summed E-state index contributed by atoms with van der Waals surface area (Å²) in [5.41, 5.74) is 0. The van der Waals surface area contributed by atoms with Crippen molar-refractivity contribution in [2.24, 2.45) is 13.0 Å². The smallest absolute Gasteiger partial charge is 0.272 e. The highest BCUT2D eigenvalue weighted by molar-refractivity contribution is 5.94. The van der Waals surface area contributed by atoms with Gasteiger partial charge >= 0.3 is 0 Å². The van der Waals surface area contributed by atoms with Gasteiger partial charge in [0.2, 0.25) is 5.91 Å². The molecule has 6 nitrogen and oxygen atoms in total. The molecule has 0 aromatic carbocycles. The van der Waals surface area contributed by atoms with Crippen LogP contribution in [0.2, 0.25) is 0 Å². The molecule has 1 saturated carbocycles. The molecule has 1 aromatic heterocycles. The van der Waals surface area contributed by atoms with Gasteiger partial charge in [-0.25, -0.2) is 0 Å². The molecule has 0 saturated heterocycles. The van der Waals surface area contributed by atoms with Crippen LogP contribution < -0.4 is 4.90 Å². The number of carbonyl (C=O) groups is 1. The summed E-state index contributed by atoms with van der Waals surface area (Å²) >= 11 is 0. The lowest BCUT2D eigenvalue weighted by molar-refractivity contribution is -0.119. The molecule has 0 aliphatic heterocycles. The number of hydrogen-bond acceptors (Lipinski definition) is 4. The van der Waals surface area contributed by atoms with Crippen LogP contribution in [0.3, 0.4) is 0 Å².